The van der Waals surface area contributed by atoms with Crippen molar-refractivity contribution >= 4 is 22.9 Å². The Balaban J connectivity index is 1.32. The Bertz CT molecular complexity index is 1630. The van der Waals surface area contributed by atoms with E-state index in [0.29, 0.717) is 41.0 Å². The van der Waals surface area contributed by atoms with Crippen LogP contribution in [0.25, 0.3) is 0 Å². The average Bonchev–Trinajstić information content (AvgIpc) is 3.38. The summed E-state index contributed by atoms with van der Waals surface area (Å²) in [5, 5.41) is 7.19. The van der Waals surface area contributed by atoms with Crippen molar-refractivity contribution in [3.63, 3.8) is 0 Å². The van der Waals surface area contributed by atoms with Gasteiger partial charge in [-0.15, -0.1) is 0 Å². The van der Waals surface area contributed by atoms with Gasteiger partial charge in [-0.25, -0.2) is 0 Å². The summed E-state index contributed by atoms with van der Waals surface area (Å²) in [7, 11) is 0. The van der Waals surface area contributed by atoms with Gasteiger partial charge >= 0.3 is 0 Å². The largest absolute Gasteiger partial charge is 0.454 e. The van der Waals surface area contributed by atoms with Gasteiger partial charge in [0.15, 0.2) is 23.1 Å². The lowest BCUT2D eigenvalue weighted by atomic mass is 9.78. The molecule has 1 aliphatic carbocycles. The lowest BCUT2D eigenvalue weighted by Crippen LogP contribution is -2.26. The molecule has 0 saturated heterocycles. The minimum Gasteiger partial charge on any atom is -0.454 e. The molecule has 2 aliphatic heterocycles. The number of anilines is 2. The summed E-state index contributed by atoms with van der Waals surface area (Å²) in [6.45, 7) is 0.186. The van der Waals surface area contributed by atoms with Crippen LogP contribution in [-0.4, -0.2) is 18.4 Å². The Morgan fingerprint density at radius 1 is 0.718 bits per heavy atom. The molecule has 0 amide bonds. The predicted octanol–water partition coefficient (Wildman–Crippen LogP) is 6.63. The Morgan fingerprint density at radius 3 is 2.31 bits per heavy atom. The van der Waals surface area contributed by atoms with Gasteiger partial charge in [-0.2, -0.15) is 0 Å². The van der Waals surface area contributed by atoms with Gasteiger partial charge in [0.25, 0.3) is 0 Å². The van der Waals surface area contributed by atoms with Crippen LogP contribution in [0, 0.1) is 0 Å². The van der Waals surface area contributed by atoms with Crippen LogP contribution in [0.2, 0.25) is 0 Å². The van der Waals surface area contributed by atoms with Gasteiger partial charge in [0.2, 0.25) is 6.79 Å². The van der Waals surface area contributed by atoms with Gasteiger partial charge in [0.1, 0.15) is 0 Å². The second-order valence-corrected chi connectivity index (χ2v) is 10.1. The van der Waals surface area contributed by atoms with Crippen LogP contribution in [-0.2, 0) is 4.79 Å². The van der Waals surface area contributed by atoms with Gasteiger partial charge < -0.3 is 20.1 Å². The lowest BCUT2D eigenvalue weighted by Gasteiger charge is -2.30. The zero-order valence-corrected chi connectivity index (χ0v) is 21.1. The van der Waals surface area contributed by atoms with Crippen molar-refractivity contribution < 1.29 is 19.1 Å². The fourth-order valence-corrected chi connectivity index (χ4v) is 5.75. The number of benzene rings is 4. The smallest absolute Gasteiger partial charge is 0.231 e. The molecule has 0 spiro atoms. The first-order chi connectivity index (χ1) is 19.1. The lowest BCUT2D eigenvalue weighted by molar-refractivity contribution is -0.116. The quantitative estimate of drug-likeness (QED) is 0.298. The molecule has 4 aromatic rings. The van der Waals surface area contributed by atoms with Crippen LogP contribution in [0.4, 0.5) is 11.4 Å². The van der Waals surface area contributed by atoms with E-state index in [4.69, 9.17) is 9.47 Å². The zero-order valence-electron chi connectivity index (χ0n) is 21.1. The molecular weight excluding hydrogens is 488 g/mol. The molecule has 0 bridgehead atoms. The average molecular weight is 515 g/mol. The highest BCUT2D eigenvalue weighted by atomic mass is 16.7. The molecule has 0 saturated carbocycles. The number of nitrogens with one attached hydrogen (secondary N) is 2. The van der Waals surface area contributed by atoms with Gasteiger partial charge in [-0.05, 0) is 53.8 Å². The highest BCUT2D eigenvalue weighted by Gasteiger charge is 2.36. The van der Waals surface area contributed by atoms with Crippen LogP contribution >= 0.6 is 0 Å². The maximum Gasteiger partial charge on any atom is 0.231 e. The molecule has 0 aromatic heterocycles. The summed E-state index contributed by atoms with van der Waals surface area (Å²) in [5.74, 6) is 1.48. The highest BCUT2D eigenvalue weighted by Crippen LogP contribution is 2.46. The van der Waals surface area contributed by atoms with E-state index in [1.165, 1.54) is 0 Å². The summed E-state index contributed by atoms with van der Waals surface area (Å²) < 4.78 is 11.2. The van der Waals surface area contributed by atoms with Crippen molar-refractivity contribution in [2.45, 2.75) is 24.8 Å². The summed E-state index contributed by atoms with van der Waals surface area (Å²) in [4.78, 5) is 27.1. The molecule has 0 unspecified atom stereocenters. The molecule has 0 radical (unpaired) electrons. The summed E-state index contributed by atoms with van der Waals surface area (Å²) >= 11 is 0. The van der Waals surface area contributed by atoms with Gasteiger partial charge in [-0.1, -0.05) is 66.7 Å². The maximum atomic E-state index is 13.8. The second-order valence-electron chi connectivity index (χ2n) is 10.1. The number of rotatable bonds is 4. The van der Waals surface area contributed by atoms with Gasteiger partial charge in [0.05, 0.1) is 17.4 Å². The number of hydrogen-bond acceptors (Lipinski definition) is 6. The van der Waals surface area contributed by atoms with Crippen LogP contribution in [0.15, 0.2) is 108 Å². The molecule has 2 atom stereocenters. The van der Waals surface area contributed by atoms with Crippen LogP contribution < -0.4 is 20.1 Å². The first kappa shape index (κ1) is 23.3. The van der Waals surface area contributed by atoms with Crippen LogP contribution in [0.3, 0.4) is 0 Å². The van der Waals surface area contributed by atoms with E-state index in [1.807, 2.05) is 84.9 Å². The molecule has 0 fully saturated rings. The van der Waals surface area contributed by atoms with Crippen molar-refractivity contribution in [3.8, 4) is 11.5 Å². The van der Waals surface area contributed by atoms with E-state index in [9.17, 15) is 9.59 Å². The van der Waals surface area contributed by atoms with Crippen molar-refractivity contribution in [1.29, 1.82) is 0 Å². The van der Waals surface area contributed by atoms with Gasteiger partial charge in [-0.3, -0.25) is 9.59 Å². The summed E-state index contributed by atoms with van der Waals surface area (Å²) in [6.07, 6.45) is 1.12. The number of ether oxygens (including phenoxy) is 2. The third kappa shape index (κ3) is 4.24. The van der Waals surface area contributed by atoms with Crippen molar-refractivity contribution in [2.75, 3.05) is 17.4 Å². The Morgan fingerprint density at radius 2 is 1.49 bits per heavy atom. The Labute approximate surface area is 226 Å². The molecule has 2 N–H and O–H groups in total. The minimum absolute atomic E-state index is 0.0483. The molecule has 3 aliphatic rings. The number of carbonyl (C=O) groups excluding carboxylic acids is 2. The normalized spacial score (nSPS) is 19.3. The number of carbonyl (C=O) groups is 2. The van der Waals surface area contributed by atoms with Gasteiger partial charge in [0, 0.05) is 28.8 Å². The van der Waals surface area contributed by atoms with Crippen molar-refractivity contribution in [3.05, 3.63) is 131 Å². The maximum absolute atomic E-state index is 13.8. The first-order valence-electron chi connectivity index (χ1n) is 13.1. The number of ketones is 2. The predicted molar refractivity (Wildman–Crippen MR) is 149 cm³/mol. The molecular formula is C33H26N2O4. The first-order valence-corrected chi connectivity index (χ1v) is 13.1. The van der Waals surface area contributed by atoms with Crippen LogP contribution in [0.1, 0.15) is 51.8 Å². The third-order valence-electron chi connectivity index (χ3n) is 7.70. The van der Waals surface area contributed by atoms with E-state index < -0.39 is 0 Å². The van der Waals surface area contributed by atoms with E-state index in [2.05, 4.69) is 22.8 Å². The summed E-state index contributed by atoms with van der Waals surface area (Å²) in [5.41, 5.74) is 6.46. The topological polar surface area (TPSA) is 76.7 Å². The fourth-order valence-electron chi connectivity index (χ4n) is 5.75. The molecule has 39 heavy (non-hydrogen) atoms. The highest BCUT2D eigenvalue weighted by molar-refractivity contribution is 6.10. The number of Topliss-reactive ketones (excluding diaryl/α,β-unsaturated/α-hetero) is 1. The third-order valence-corrected chi connectivity index (χ3v) is 7.70. The SMILES string of the molecule is O=C1C[C@@H](c2ccccc2)CC2=C1[C@@H](c1ccc3c(c1)OCO3)Nc1ccc(C(=O)c3ccccc3)cc1N2. The number of allylic oxidation sites excluding steroid dienone is 1. The number of fused-ring (bicyclic) bond motifs is 2. The fraction of sp³-hybridized carbons (Fsp3) is 0.152. The van der Waals surface area contributed by atoms with E-state index in [0.717, 1.165) is 28.2 Å². The van der Waals surface area contributed by atoms with Crippen molar-refractivity contribution in [2.24, 2.45) is 0 Å². The monoisotopic (exact) mass is 514 g/mol. The summed E-state index contributed by atoms with van der Waals surface area (Å²) in [6, 6.07) is 30.5. The molecule has 6 heteroatoms. The standard InChI is InChI=1S/C33H26N2O4/c36-28-17-24(20-7-3-1-4-8-20)16-27-31(28)32(22-12-14-29-30(18-22)39-19-38-29)35-25-13-11-23(15-26(25)34-27)33(37)21-9-5-2-6-10-21/h1-15,18,24,32,34-35H,16-17,19H2/t24-,32+/m0/s1. The second kappa shape index (κ2) is 9.48. The molecule has 192 valence electrons. The molecule has 2 heterocycles. The zero-order chi connectivity index (χ0) is 26.3. The van der Waals surface area contributed by atoms with E-state index >= 15 is 0 Å². The van der Waals surface area contributed by atoms with Crippen LogP contribution in [0.5, 0.6) is 11.5 Å². The minimum atomic E-state index is -0.386. The molecule has 7 rings (SSSR count). The molecule has 4 aromatic carbocycles. The molecule has 6 nitrogen and oxygen atoms in total. The number of hydrogen-bond donors (Lipinski definition) is 2. The van der Waals surface area contributed by atoms with E-state index in [1.54, 1.807) is 0 Å². The van der Waals surface area contributed by atoms with E-state index in [-0.39, 0.29) is 30.3 Å². The van der Waals surface area contributed by atoms with Crippen molar-refractivity contribution in [1.82, 2.24) is 0 Å². The Hall–Kier alpha value is -4.84. The Kier molecular flexibility index (Phi) is 5.66.